The minimum atomic E-state index is -0.391. The number of hydrogen-bond donors (Lipinski definition) is 1. The predicted octanol–water partition coefficient (Wildman–Crippen LogP) is 2.22. The molecule has 0 spiro atoms. The molecule has 0 bridgehead atoms. The minimum absolute atomic E-state index is 0.326. The molecule has 1 aromatic heterocycles. The molecule has 2 N–H and O–H groups in total. The average molecular weight is 230 g/mol. The van der Waals surface area contributed by atoms with Crippen molar-refractivity contribution in [1.82, 2.24) is 4.98 Å². The SMILES string of the molecule is COC(=O)c1cc(N)nc2c(C)ccc(C)c12. The number of rotatable bonds is 1. The van der Waals surface area contributed by atoms with E-state index in [4.69, 9.17) is 10.5 Å². The van der Waals surface area contributed by atoms with Crippen LogP contribution < -0.4 is 5.73 Å². The summed E-state index contributed by atoms with van der Waals surface area (Å²) in [6.07, 6.45) is 0. The van der Waals surface area contributed by atoms with Gasteiger partial charge in [0.1, 0.15) is 5.82 Å². The first-order valence-corrected chi connectivity index (χ1v) is 5.29. The number of esters is 1. The Hall–Kier alpha value is -2.10. The molecule has 0 amide bonds. The van der Waals surface area contributed by atoms with Crippen LogP contribution in [-0.4, -0.2) is 18.1 Å². The third-order valence-electron chi connectivity index (χ3n) is 2.80. The molecule has 2 rings (SSSR count). The quantitative estimate of drug-likeness (QED) is 0.763. The summed E-state index contributed by atoms with van der Waals surface area (Å²) in [5, 5.41) is 0.811. The standard InChI is InChI=1S/C13H14N2O2/c1-7-4-5-8(2)12-11(7)9(13(16)17-3)6-10(14)15-12/h4-6H,1-3H3,(H2,14,15). The zero-order valence-electron chi connectivity index (χ0n) is 10.1. The molecule has 0 saturated heterocycles. The van der Waals surface area contributed by atoms with Crippen molar-refractivity contribution in [2.75, 3.05) is 12.8 Å². The second kappa shape index (κ2) is 4.05. The number of anilines is 1. The first-order chi connectivity index (χ1) is 8.04. The number of nitrogens with zero attached hydrogens (tertiary/aromatic N) is 1. The molecule has 0 aliphatic carbocycles. The van der Waals surface area contributed by atoms with Gasteiger partial charge in [-0.15, -0.1) is 0 Å². The topological polar surface area (TPSA) is 65.2 Å². The van der Waals surface area contributed by atoms with Gasteiger partial charge in [0.15, 0.2) is 0 Å². The molecule has 0 aliphatic heterocycles. The van der Waals surface area contributed by atoms with Crippen LogP contribution in [0.15, 0.2) is 18.2 Å². The lowest BCUT2D eigenvalue weighted by atomic mass is 10.0. The van der Waals surface area contributed by atoms with Gasteiger partial charge in [0, 0.05) is 5.39 Å². The Balaban J connectivity index is 2.92. The Bertz CT molecular complexity index is 606. The summed E-state index contributed by atoms with van der Waals surface area (Å²) in [7, 11) is 1.36. The minimum Gasteiger partial charge on any atom is -0.465 e. The van der Waals surface area contributed by atoms with E-state index in [9.17, 15) is 4.79 Å². The molecule has 4 heteroatoms. The summed E-state index contributed by atoms with van der Waals surface area (Å²) < 4.78 is 4.77. The third kappa shape index (κ3) is 1.82. The van der Waals surface area contributed by atoms with Crippen molar-refractivity contribution in [2.24, 2.45) is 0 Å². The zero-order chi connectivity index (χ0) is 12.6. The number of hydrogen-bond acceptors (Lipinski definition) is 4. The lowest BCUT2D eigenvalue weighted by Gasteiger charge is -2.10. The first kappa shape index (κ1) is 11.4. The number of aromatic nitrogens is 1. The van der Waals surface area contributed by atoms with Crippen molar-refractivity contribution in [1.29, 1.82) is 0 Å². The molecule has 0 unspecified atom stereocenters. The van der Waals surface area contributed by atoms with Gasteiger partial charge in [-0.2, -0.15) is 0 Å². The van der Waals surface area contributed by atoms with E-state index in [1.807, 2.05) is 26.0 Å². The second-order valence-electron chi connectivity index (χ2n) is 4.01. The summed E-state index contributed by atoms with van der Waals surface area (Å²) in [6, 6.07) is 5.48. The normalized spacial score (nSPS) is 10.5. The molecule has 0 radical (unpaired) electrons. The number of benzene rings is 1. The number of carbonyl (C=O) groups excluding carboxylic acids is 1. The van der Waals surface area contributed by atoms with Crippen LogP contribution in [0.2, 0.25) is 0 Å². The largest absolute Gasteiger partial charge is 0.465 e. The highest BCUT2D eigenvalue weighted by Crippen LogP contribution is 2.26. The van der Waals surface area contributed by atoms with Crippen LogP contribution >= 0.6 is 0 Å². The van der Waals surface area contributed by atoms with Gasteiger partial charge in [0.25, 0.3) is 0 Å². The van der Waals surface area contributed by atoms with E-state index in [2.05, 4.69) is 4.98 Å². The fourth-order valence-corrected chi connectivity index (χ4v) is 1.93. The molecule has 0 fully saturated rings. The van der Waals surface area contributed by atoms with E-state index in [1.165, 1.54) is 7.11 Å². The maximum Gasteiger partial charge on any atom is 0.338 e. The molecular weight excluding hydrogens is 216 g/mol. The van der Waals surface area contributed by atoms with E-state index in [0.717, 1.165) is 22.0 Å². The molecule has 1 aromatic carbocycles. The molecular formula is C13H14N2O2. The van der Waals surface area contributed by atoms with Crippen molar-refractivity contribution in [3.8, 4) is 0 Å². The number of aryl methyl sites for hydroxylation is 2. The number of methoxy groups -OCH3 is 1. The lowest BCUT2D eigenvalue weighted by molar-refractivity contribution is 0.0603. The molecule has 4 nitrogen and oxygen atoms in total. The number of carbonyl (C=O) groups is 1. The van der Waals surface area contributed by atoms with Crippen molar-refractivity contribution in [3.63, 3.8) is 0 Å². The Kier molecular flexibility index (Phi) is 2.71. The van der Waals surface area contributed by atoms with Crippen LogP contribution in [0.3, 0.4) is 0 Å². The first-order valence-electron chi connectivity index (χ1n) is 5.29. The van der Waals surface area contributed by atoms with Gasteiger partial charge in [-0.05, 0) is 31.0 Å². The van der Waals surface area contributed by atoms with Gasteiger partial charge < -0.3 is 10.5 Å². The maximum atomic E-state index is 11.7. The Labute approximate surface area is 99.4 Å². The molecule has 2 aromatic rings. The molecule has 0 saturated carbocycles. The van der Waals surface area contributed by atoms with Crippen LogP contribution in [0.25, 0.3) is 10.9 Å². The molecule has 0 aliphatic rings. The number of pyridine rings is 1. The Morgan fingerprint density at radius 2 is 1.94 bits per heavy atom. The highest BCUT2D eigenvalue weighted by atomic mass is 16.5. The summed E-state index contributed by atoms with van der Waals surface area (Å²) in [6.45, 7) is 3.88. The van der Waals surface area contributed by atoms with Crippen LogP contribution in [-0.2, 0) is 4.74 Å². The maximum absolute atomic E-state index is 11.7. The summed E-state index contributed by atoms with van der Waals surface area (Å²) in [4.78, 5) is 16.0. The fraction of sp³-hybridized carbons (Fsp3) is 0.231. The van der Waals surface area contributed by atoms with Crippen LogP contribution in [0.5, 0.6) is 0 Å². The van der Waals surface area contributed by atoms with E-state index in [1.54, 1.807) is 6.07 Å². The monoisotopic (exact) mass is 230 g/mol. The Morgan fingerprint density at radius 3 is 2.59 bits per heavy atom. The molecule has 1 heterocycles. The van der Waals surface area contributed by atoms with Crippen molar-refractivity contribution in [3.05, 3.63) is 34.9 Å². The number of nitrogens with two attached hydrogens (primary N) is 1. The van der Waals surface area contributed by atoms with Crippen LogP contribution in [0, 0.1) is 13.8 Å². The lowest BCUT2D eigenvalue weighted by Crippen LogP contribution is -2.06. The van der Waals surface area contributed by atoms with Crippen molar-refractivity contribution >= 4 is 22.7 Å². The number of fused-ring (bicyclic) bond motifs is 1. The highest BCUT2D eigenvalue weighted by molar-refractivity contribution is 6.06. The van der Waals surface area contributed by atoms with E-state index >= 15 is 0 Å². The van der Waals surface area contributed by atoms with Crippen LogP contribution in [0.1, 0.15) is 21.5 Å². The Morgan fingerprint density at radius 1 is 1.29 bits per heavy atom. The predicted molar refractivity (Wildman–Crippen MR) is 67.0 cm³/mol. The van der Waals surface area contributed by atoms with Gasteiger partial charge in [-0.25, -0.2) is 9.78 Å². The summed E-state index contributed by atoms with van der Waals surface area (Å²) >= 11 is 0. The smallest absolute Gasteiger partial charge is 0.338 e. The van der Waals surface area contributed by atoms with E-state index in [-0.39, 0.29) is 0 Å². The average Bonchev–Trinajstić information content (AvgIpc) is 2.32. The zero-order valence-corrected chi connectivity index (χ0v) is 10.1. The number of nitrogen functional groups attached to an aromatic ring is 1. The fourth-order valence-electron chi connectivity index (χ4n) is 1.93. The molecule has 0 atom stereocenters. The third-order valence-corrected chi connectivity index (χ3v) is 2.80. The van der Waals surface area contributed by atoms with E-state index in [0.29, 0.717) is 11.4 Å². The summed E-state index contributed by atoms with van der Waals surface area (Å²) in [5.41, 5.74) is 8.91. The van der Waals surface area contributed by atoms with Crippen molar-refractivity contribution in [2.45, 2.75) is 13.8 Å². The van der Waals surface area contributed by atoms with Gasteiger partial charge >= 0.3 is 5.97 Å². The van der Waals surface area contributed by atoms with Gasteiger partial charge in [-0.1, -0.05) is 12.1 Å². The van der Waals surface area contributed by atoms with Crippen LogP contribution in [0.4, 0.5) is 5.82 Å². The van der Waals surface area contributed by atoms with Gasteiger partial charge in [0.05, 0.1) is 18.2 Å². The van der Waals surface area contributed by atoms with Crippen molar-refractivity contribution < 1.29 is 9.53 Å². The second-order valence-corrected chi connectivity index (χ2v) is 4.01. The number of ether oxygens (including phenoxy) is 1. The van der Waals surface area contributed by atoms with E-state index < -0.39 is 5.97 Å². The molecule has 17 heavy (non-hydrogen) atoms. The van der Waals surface area contributed by atoms with Gasteiger partial charge in [0.2, 0.25) is 0 Å². The highest BCUT2D eigenvalue weighted by Gasteiger charge is 2.15. The van der Waals surface area contributed by atoms with Gasteiger partial charge in [-0.3, -0.25) is 0 Å². The molecule has 88 valence electrons. The summed E-state index contributed by atoms with van der Waals surface area (Å²) in [5.74, 6) is -0.0654.